The van der Waals surface area contributed by atoms with Crippen LogP contribution in [0.1, 0.15) is 32.1 Å². The summed E-state index contributed by atoms with van der Waals surface area (Å²) in [7, 11) is 0. The molecule has 112 valence electrons. The van der Waals surface area contributed by atoms with E-state index in [1.807, 2.05) is 11.0 Å². The zero-order valence-electron chi connectivity index (χ0n) is 11.5. The fourth-order valence-electron chi connectivity index (χ4n) is 3.12. The number of hydrogen-bond acceptors (Lipinski definition) is 5. The topological polar surface area (TPSA) is 80.0 Å². The highest BCUT2D eigenvalue weighted by molar-refractivity contribution is 6.42. The molecule has 1 spiro atoms. The van der Waals surface area contributed by atoms with Crippen LogP contribution in [0.25, 0.3) is 0 Å². The third kappa shape index (κ3) is 2.56. The Hall–Kier alpha value is -1.46. The van der Waals surface area contributed by atoms with Gasteiger partial charge in [0.25, 0.3) is 0 Å². The van der Waals surface area contributed by atoms with Crippen LogP contribution in [0.4, 0.5) is 5.69 Å². The van der Waals surface area contributed by atoms with Crippen LogP contribution in [0.3, 0.4) is 0 Å². The predicted octanol–water partition coefficient (Wildman–Crippen LogP) is 3.10. The number of rotatable bonds is 1. The molecular weight excluding hydrogens is 309 g/mol. The molecule has 1 aliphatic carbocycles. The lowest BCUT2D eigenvalue weighted by Crippen LogP contribution is -2.58. The molecule has 5 nitrogen and oxygen atoms in total. The average molecular weight is 326 g/mol. The molecular formula is C14H17Cl2N5. The minimum atomic E-state index is -0.453. The molecule has 21 heavy (non-hydrogen) atoms. The molecule has 0 radical (unpaired) electrons. The fraction of sp³-hybridized carbons (Fsp3) is 0.429. The van der Waals surface area contributed by atoms with Gasteiger partial charge in [-0.15, -0.1) is 0 Å². The van der Waals surface area contributed by atoms with Gasteiger partial charge in [-0.3, -0.25) is 4.90 Å². The van der Waals surface area contributed by atoms with Gasteiger partial charge in [0, 0.05) is 5.69 Å². The maximum Gasteiger partial charge on any atom is 0.220 e. The minimum absolute atomic E-state index is 0.241. The van der Waals surface area contributed by atoms with Crippen LogP contribution in [0.15, 0.2) is 28.2 Å². The van der Waals surface area contributed by atoms with Gasteiger partial charge in [-0.1, -0.05) is 29.6 Å². The van der Waals surface area contributed by atoms with E-state index in [0.717, 1.165) is 31.4 Å². The SMILES string of the molecule is NC1=NC2(CCCCC2)N(c2ccc(Cl)c(Cl)c2)C(N)=N1. The monoisotopic (exact) mass is 325 g/mol. The van der Waals surface area contributed by atoms with Crippen molar-refractivity contribution in [3.8, 4) is 0 Å². The summed E-state index contributed by atoms with van der Waals surface area (Å²) in [4.78, 5) is 10.7. The van der Waals surface area contributed by atoms with Crippen molar-refractivity contribution in [2.45, 2.75) is 37.8 Å². The zero-order valence-corrected chi connectivity index (χ0v) is 13.0. The van der Waals surface area contributed by atoms with E-state index in [1.165, 1.54) is 6.42 Å². The van der Waals surface area contributed by atoms with E-state index in [4.69, 9.17) is 34.7 Å². The third-order valence-corrected chi connectivity index (χ3v) is 4.75. The number of nitrogens with two attached hydrogens (primary N) is 2. The van der Waals surface area contributed by atoms with Crippen molar-refractivity contribution < 1.29 is 0 Å². The zero-order chi connectivity index (χ0) is 15.0. The van der Waals surface area contributed by atoms with Gasteiger partial charge in [0.15, 0.2) is 0 Å². The van der Waals surface area contributed by atoms with E-state index in [-0.39, 0.29) is 5.96 Å². The molecule has 0 bridgehead atoms. The van der Waals surface area contributed by atoms with Crippen LogP contribution in [-0.2, 0) is 0 Å². The highest BCUT2D eigenvalue weighted by Gasteiger charge is 2.42. The van der Waals surface area contributed by atoms with Crippen LogP contribution in [0, 0.1) is 0 Å². The maximum atomic E-state index is 6.14. The molecule has 0 unspecified atom stereocenters. The molecule has 1 saturated carbocycles. The fourth-order valence-corrected chi connectivity index (χ4v) is 3.41. The number of nitrogens with zero attached hydrogens (tertiary/aromatic N) is 3. The molecule has 0 amide bonds. The van der Waals surface area contributed by atoms with E-state index in [1.54, 1.807) is 12.1 Å². The lowest BCUT2D eigenvalue weighted by atomic mass is 9.87. The quantitative estimate of drug-likeness (QED) is 0.832. The Kier molecular flexibility index (Phi) is 3.71. The Bertz CT molecular complexity index is 620. The molecule has 1 aromatic rings. The molecule has 0 atom stereocenters. The first-order chi connectivity index (χ1) is 10.0. The van der Waals surface area contributed by atoms with Crippen molar-refractivity contribution in [3.05, 3.63) is 28.2 Å². The minimum Gasteiger partial charge on any atom is -0.369 e. The summed E-state index contributed by atoms with van der Waals surface area (Å²) in [5.41, 5.74) is 12.4. The van der Waals surface area contributed by atoms with Gasteiger partial charge in [0.2, 0.25) is 11.9 Å². The summed E-state index contributed by atoms with van der Waals surface area (Å²) in [5.74, 6) is 0.591. The number of aliphatic imine (C=N–C) groups is 2. The Morgan fingerprint density at radius 1 is 1.05 bits per heavy atom. The molecule has 2 aliphatic rings. The summed E-state index contributed by atoms with van der Waals surface area (Å²) in [6.07, 6.45) is 5.15. The molecule has 1 heterocycles. The molecule has 3 rings (SSSR count). The summed E-state index contributed by atoms with van der Waals surface area (Å²) in [6, 6.07) is 5.42. The second-order valence-corrected chi connectivity index (χ2v) is 6.23. The van der Waals surface area contributed by atoms with Gasteiger partial charge < -0.3 is 11.5 Å². The van der Waals surface area contributed by atoms with E-state index in [9.17, 15) is 0 Å². The Balaban J connectivity index is 2.08. The van der Waals surface area contributed by atoms with Gasteiger partial charge >= 0.3 is 0 Å². The number of anilines is 1. The molecule has 0 saturated heterocycles. The van der Waals surface area contributed by atoms with Crippen molar-refractivity contribution >= 4 is 40.8 Å². The summed E-state index contributed by atoms with van der Waals surface area (Å²) in [5, 5.41) is 0.990. The Morgan fingerprint density at radius 3 is 2.43 bits per heavy atom. The number of guanidine groups is 2. The van der Waals surface area contributed by atoms with Gasteiger partial charge in [0.05, 0.1) is 10.0 Å². The molecule has 4 N–H and O–H groups in total. The van der Waals surface area contributed by atoms with E-state index >= 15 is 0 Å². The third-order valence-electron chi connectivity index (χ3n) is 4.01. The van der Waals surface area contributed by atoms with Crippen molar-refractivity contribution in [1.82, 2.24) is 0 Å². The first kappa shape index (κ1) is 14.5. The first-order valence-corrected chi connectivity index (χ1v) is 7.72. The largest absolute Gasteiger partial charge is 0.369 e. The normalized spacial score (nSPS) is 21.1. The van der Waals surface area contributed by atoms with Gasteiger partial charge in [0.1, 0.15) is 5.66 Å². The number of benzene rings is 1. The van der Waals surface area contributed by atoms with Crippen molar-refractivity contribution in [2.75, 3.05) is 4.90 Å². The lowest BCUT2D eigenvalue weighted by Gasteiger charge is -2.45. The van der Waals surface area contributed by atoms with Crippen LogP contribution in [0.2, 0.25) is 10.0 Å². The highest BCUT2D eigenvalue weighted by Crippen LogP contribution is 2.40. The van der Waals surface area contributed by atoms with Gasteiger partial charge in [-0.05, 0) is 43.9 Å². The molecule has 1 aromatic carbocycles. The van der Waals surface area contributed by atoms with Crippen LogP contribution in [-0.4, -0.2) is 17.6 Å². The van der Waals surface area contributed by atoms with Crippen LogP contribution >= 0.6 is 23.2 Å². The van der Waals surface area contributed by atoms with E-state index < -0.39 is 5.66 Å². The Labute approximate surface area is 133 Å². The summed E-state index contributed by atoms with van der Waals surface area (Å²) < 4.78 is 0. The second-order valence-electron chi connectivity index (χ2n) is 5.42. The van der Waals surface area contributed by atoms with E-state index in [0.29, 0.717) is 16.0 Å². The summed E-state index contributed by atoms with van der Waals surface area (Å²) >= 11 is 12.1. The lowest BCUT2D eigenvalue weighted by molar-refractivity contribution is 0.305. The number of halogens is 2. The van der Waals surface area contributed by atoms with E-state index in [2.05, 4.69) is 9.98 Å². The summed E-state index contributed by atoms with van der Waals surface area (Å²) in [6.45, 7) is 0. The second kappa shape index (κ2) is 5.39. The van der Waals surface area contributed by atoms with Crippen molar-refractivity contribution in [1.29, 1.82) is 0 Å². The molecule has 1 fully saturated rings. The van der Waals surface area contributed by atoms with Crippen LogP contribution in [0.5, 0.6) is 0 Å². The molecule has 7 heteroatoms. The number of hydrogen-bond donors (Lipinski definition) is 2. The standard InChI is InChI=1S/C14H17Cl2N5/c15-10-5-4-9(8-11(10)16)21-13(18)19-12(17)20-14(21)6-2-1-3-7-14/h4-5,8H,1-3,6-7H2,(H4,17,18,19,20). The van der Waals surface area contributed by atoms with Crippen molar-refractivity contribution in [3.63, 3.8) is 0 Å². The predicted molar refractivity (Wildman–Crippen MR) is 88.0 cm³/mol. The smallest absolute Gasteiger partial charge is 0.220 e. The first-order valence-electron chi connectivity index (χ1n) is 6.97. The van der Waals surface area contributed by atoms with Crippen molar-refractivity contribution in [2.24, 2.45) is 21.5 Å². The van der Waals surface area contributed by atoms with Crippen LogP contribution < -0.4 is 16.4 Å². The van der Waals surface area contributed by atoms with Gasteiger partial charge in [-0.25, -0.2) is 4.99 Å². The molecule has 1 aliphatic heterocycles. The Morgan fingerprint density at radius 2 is 1.76 bits per heavy atom. The van der Waals surface area contributed by atoms with Gasteiger partial charge in [-0.2, -0.15) is 4.99 Å². The molecule has 0 aromatic heterocycles. The maximum absolute atomic E-state index is 6.14. The highest BCUT2D eigenvalue weighted by atomic mass is 35.5. The average Bonchev–Trinajstić information content (AvgIpc) is 2.42.